The third kappa shape index (κ3) is 2.94. The minimum Gasteiger partial charge on any atom is -0.456 e. The Morgan fingerprint density at radius 3 is 2.29 bits per heavy atom. The Bertz CT molecular complexity index is 640. The van der Waals surface area contributed by atoms with Crippen LogP contribution in [0.4, 0.5) is 0 Å². The molecule has 1 N–H and O–H groups in total. The lowest BCUT2D eigenvalue weighted by Gasteiger charge is -2.09. The second kappa shape index (κ2) is 5.79. The Morgan fingerprint density at radius 1 is 1.00 bits per heavy atom. The van der Waals surface area contributed by atoms with E-state index in [0.717, 1.165) is 5.56 Å². The fraction of sp³-hybridized carbons (Fsp3) is 0.176. The molecule has 2 aromatic rings. The van der Waals surface area contributed by atoms with Gasteiger partial charge in [-0.05, 0) is 17.7 Å². The maximum Gasteiger partial charge on any atom is 0.329 e. The van der Waals surface area contributed by atoms with Crippen molar-refractivity contribution in [2.75, 3.05) is 0 Å². The van der Waals surface area contributed by atoms with Gasteiger partial charge in [-0.3, -0.25) is 4.79 Å². The van der Waals surface area contributed by atoms with Crippen molar-refractivity contribution in [2.45, 2.75) is 18.6 Å². The molecule has 0 saturated carbocycles. The molecule has 1 heterocycles. The minimum absolute atomic E-state index is 0.258. The molecule has 1 amide bonds. The van der Waals surface area contributed by atoms with E-state index in [0.29, 0.717) is 12.0 Å². The Hall–Kier alpha value is -2.62. The van der Waals surface area contributed by atoms with Crippen molar-refractivity contribution in [2.24, 2.45) is 0 Å². The molecule has 1 saturated heterocycles. The van der Waals surface area contributed by atoms with Gasteiger partial charge < -0.3 is 10.1 Å². The summed E-state index contributed by atoms with van der Waals surface area (Å²) in [5.41, 5.74) is 1.48. The summed E-state index contributed by atoms with van der Waals surface area (Å²) < 4.78 is 5.34. The summed E-state index contributed by atoms with van der Waals surface area (Å²) in [4.78, 5) is 24.0. The van der Waals surface area contributed by atoms with Crippen molar-refractivity contribution in [3.63, 3.8) is 0 Å². The smallest absolute Gasteiger partial charge is 0.329 e. The van der Waals surface area contributed by atoms with Gasteiger partial charge in [-0.15, -0.1) is 0 Å². The van der Waals surface area contributed by atoms with E-state index >= 15 is 0 Å². The van der Waals surface area contributed by atoms with Crippen LogP contribution in [0, 0.1) is 0 Å². The third-order valence-corrected chi connectivity index (χ3v) is 3.51. The highest BCUT2D eigenvalue weighted by molar-refractivity contribution is 5.97. The molecule has 2 atom stereocenters. The molecular formula is C17H15NO3. The lowest BCUT2D eigenvalue weighted by Crippen LogP contribution is -2.37. The van der Waals surface area contributed by atoms with Gasteiger partial charge in [0.2, 0.25) is 0 Å². The molecule has 0 aliphatic carbocycles. The monoisotopic (exact) mass is 281 g/mol. The van der Waals surface area contributed by atoms with Gasteiger partial charge in [-0.25, -0.2) is 4.79 Å². The van der Waals surface area contributed by atoms with Gasteiger partial charge in [-0.2, -0.15) is 0 Å². The van der Waals surface area contributed by atoms with E-state index in [2.05, 4.69) is 5.32 Å². The van der Waals surface area contributed by atoms with Crippen molar-refractivity contribution in [3.05, 3.63) is 71.8 Å². The van der Waals surface area contributed by atoms with Crippen molar-refractivity contribution in [1.82, 2.24) is 5.32 Å². The zero-order valence-corrected chi connectivity index (χ0v) is 11.4. The molecule has 3 rings (SSSR count). The van der Waals surface area contributed by atoms with E-state index in [-0.39, 0.29) is 18.0 Å². The quantitative estimate of drug-likeness (QED) is 0.879. The summed E-state index contributed by atoms with van der Waals surface area (Å²) >= 11 is 0. The first kappa shape index (κ1) is 13.4. The SMILES string of the molecule is O=C(N[C@H]1C[C@@H](c2ccccc2)OC1=O)c1ccccc1. The summed E-state index contributed by atoms with van der Waals surface area (Å²) in [5, 5.41) is 2.73. The highest BCUT2D eigenvalue weighted by atomic mass is 16.6. The van der Waals surface area contributed by atoms with Crippen LogP contribution in [0.15, 0.2) is 60.7 Å². The number of hydrogen-bond acceptors (Lipinski definition) is 3. The van der Waals surface area contributed by atoms with Crippen LogP contribution in [-0.4, -0.2) is 17.9 Å². The van der Waals surface area contributed by atoms with E-state index < -0.39 is 6.04 Å². The molecule has 1 fully saturated rings. The van der Waals surface area contributed by atoms with Crippen LogP contribution in [0.3, 0.4) is 0 Å². The molecule has 1 aliphatic heterocycles. The lowest BCUT2D eigenvalue weighted by molar-refractivity contribution is -0.143. The van der Waals surface area contributed by atoms with Crippen LogP contribution < -0.4 is 5.32 Å². The summed E-state index contributed by atoms with van der Waals surface area (Å²) in [6.07, 6.45) is 0.168. The molecule has 0 bridgehead atoms. The van der Waals surface area contributed by atoms with Crippen LogP contribution in [0.1, 0.15) is 28.4 Å². The molecule has 4 heteroatoms. The van der Waals surface area contributed by atoms with Crippen LogP contribution in [0.2, 0.25) is 0 Å². The lowest BCUT2D eigenvalue weighted by atomic mass is 10.0. The normalized spacial score (nSPS) is 20.9. The standard InChI is InChI=1S/C17H15NO3/c19-16(13-9-5-2-6-10-13)18-14-11-15(21-17(14)20)12-7-3-1-4-8-12/h1-10,14-15H,11H2,(H,18,19)/t14-,15-/m0/s1. The molecular weight excluding hydrogens is 266 g/mol. The van der Waals surface area contributed by atoms with E-state index in [9.17, 15) is 9.59 Å². The number of esters is 1. The van der Waals surface area contributed by atoms with Gasteiger partial charge in [0.05, 0.1) is 0 Å². The second-order valence-electron chi connectivity index (χ2n) is 4.96. The maximum absolute atomic E-state index is 12.1. The van der Waals surface area contributed by atoms with E-state index in [1.165, 1.54) is 0 Å². The largest absolute Gasteiger partial charge is 0.456 e. The minimum atomic E-state index is -0.595. The van der Waals surface area contributed by atoms with E-state index in [4.69, 9.17) is 4.74 Å². The number of rotatable bonds is 3. The highest BCUT2D eigenvalue weighted by Gasteiger charge is 2.36. The van der Waals surface area contributed by atoms with E-state index in [1.54, 1.807) is 24.3 Å². The molecule has 2 aromatic carbocycles. The second-order valence-corrected chi connectivity index (χ2v) is 4.96. The summed E-state index contributed by atoms with van der Waals surface area (Å²) in [5.74, 6) is -0.639. The van der Waals surface area contributed by atoms with Crippen LogP contribution in [0.25, 0.3) is 0 Å². The first-order chi connectivity index (χ1) is 10.2. The van der Waals surface area contributed by atoms with Crippen LogP contribution in [-0.2, 0) is 9.53 Å². The topological polar surface area (TPSA) is 55.4 Å². The molecule has 21 heavy (non-hydrogen) atoms. The molecule has 106 valence electrons. The van der Waals surface area contributed by atoms with Gasteiger partial charge in [0.1, 0.15) is 12.1 Å². The highest BCUT2D eigenvalue weighted by Crippen LogP contribution is 2.29. The number of carbonyl (C=O) groups is 2. The average molecular weight is 281 g/mol. The summed E-state index contributed by atoms with van der Waals surface area (Å²) in [7, 11) is 0. The molecule has 4 nitrogen and oxygen atoms in total. The third-order valence-electron chi connectivity index (χ3n) is 3.51. The fourth-order valence-corrected chi connectivity index (χ4v) is 2.40. The summed E-state index contributed by atoms with van der Waals surface area (Å²) in [6.45, 7) is 0. The Balaban J connectivity index is 1.67. The fourth-order valence-electron chi connectivity index (χ4n) is 2.40. The molecule has 1 aliphatic rings. The maximum atomic E-state index is 12.1. The Morgan fingerprint density at radius 2 is 1.62 bits per heavy atom. The number of nitrogens with one attached hydrogen (secondary N) is 1. The number of carbonyl (C=O) groups excluding carboxylic acids is 2. The first-order valence-corrected chi connectivity index (χ1v) is 6.85. The number of amides is 1. The van der Waals surface area contributed by atoms with Crippen molar-refractivity contribution in [1.29, 1.82) is 0 Å². The first-order valence-electron chi connectivity index (χ1n) is 6.85. The number of cyclic esters (lactones) is 1. The molecule has 0 spiro atoms. The number of ether oxygens (including phenoxy) is 1. The number of benzene rings is 2. The van der Waals surface area contributed by atoms with Crippen molar-refractivity contribution < 1.29 is 14.3 Å². The van der Waals surface area contributed by atoms with Crippen LogP contribution in [0.5, 0.6) is 0 Å². The molecule has 0 unspecified atom stereocenters. The predicted molar refractivity (Wildman–Crippen MR) is 77.6 cm³/mol. The Kier molecular flexibility index (Phi) is 3.69. The van der Waals surface area contributed by atoms with Crippen molar-refractivity contribution >= 4 is 11.9 Å². The van der Waals surface area contributed by atoms with Gasteiger partial charge in [-0.1, -0.05) is 48.5 Å². The van der Waals surface area contributed by atoms with Crippen molar-refractivity contribution in [3.8, 4) is 0 Å². The van der Waals surface area contributed by atoms with Gasteiger partial charge >= 0.3 is 5.97 Å². The zero-order chi connectivity index (χ0) is 14.7. The molecule has 0 aromatic heterocycles. The van der Waals surface area contributed by atoms with Crippen LogP contribution >= 0.6 is 0 Å². The summed E-state index contributed by atoms with van der Waals surface area (Å²) in [6, 6.07) is 17.8. The number of hydrogen-bond donors (Lipinski definition) is 1. The van der Waals surface area contributed by atoms with Gasteiger partial charge in [0.15, 0.2) is 0 Å². The molecule has 0 radical (unpaired) electrons. The van der Waals surface area contributed by atoms with E-state index in [1.807, 2.05) is 36.4 Å². The zero-order valence-electron chi connectivity index (χ0n) is 11.4. The predicted octanol–water partition coefficient (Wildman–Crippen LogP) is 2.47. The van der Waals surface area contributed by atoms with Gasteiger partial charge in [0.25, 0.3) is 5.91 Å². The average Bonchev–Trinajstić information content (AvgIpc) is 2.90. The Labute approximate surface area is 122 Å². The van der Waals surface area contributed by atoms with Gasteiger partial charge in [0, 0.05) is 12.0 Å².